The Balaban J connectivity index is 1.98. The minimum Gasteiger partial charge on any atom is -0.348 e. The largest absolute Gasteiger partial charge is 0.417 e. The molecule has 0 saturated heterocycles. The van der Waals surface area contributed by atoms with Crippen molar-refractivity contribution in [3.8, 4) is 0 Å². The molecule has 20 heavy (non-hydrogen) atoms. The van der Waals surface area contributed by atoms with Gasteiger partial charge in [-0.2, -0.15) is 13.2 Å². The van der Waals surface area contributed by atoms with Gasteiger partial charge in [-0.25, -0.2) is 4.98 Å². The highest BCUT2D eigenvalue weighted by Gasteiger charge is 2.30. The van der Waals surface area contributed by atoms with E-state index in [-0.39, 0.29) is 11.5 Å². The van der Waals surface area contributed by atoms with E-state index < -0.39 is 11.7 Å². The number of pyridine rings is 1. The Morgan fingerprint density at radius 2 is 2.10 bits per heavy atom. The highest BCUT2D eigenvalue weighted by atomic mass is 32.2. The van der Waals surface area contributed by atoms with Gasteiger partial charge in [0.25, 0.3) is 0 Å². The monoisotopic (exact) mass is 300 g/mol. The van der Waals surface area contributed by atoms with Gasteiger partial charge in [0.1, 0.15) is 0 Å². The van der Waals surface area contributed by atoms with Crippen LogP contribution < -0.4 is 0 Å². The fourth-order valence-electron chi connectivity index (χ4n) is 1.60. The maximum absolute atomic E-state index is 12.4. The number of Topliss-reactive ketones (excluding diaryl/α,β-unsaturated/α-hetero) is 1. The number of hydrogen-bond donors (Lipinski definition) is 0. The number of thioether (sulfide) groups is 1. The summed E-state index contributed by atoms with van der Waals surface area (Å²) in [5.41, 5.74) is -0.236. The van der Waals surface area contributed by atoms with Gasteiger partial charge in [0, 0.05) is 19.4 Å². The molecule has 0 aliphatic carbocycles. The van der Waals surface area contributed by atoms with Crippen molar-refractivity contribution in [1.82, 2.24) is 9.55 Å². The van der Waals surface area contributed by atoms with E-state index in [1.54, 1.807) is 29.9 Å². The number of rotatable bonds is 4. The number of aryl methyl sites for hydroxylation is 1. The molecule has 3 nitrogen and oxygen atoms in total. The van der Waals surface area contributed by atoms with Gasteiger partial charge in [0.05, 0.1) is 22.0 Å². The predicted octanol–water partition coefficient (Wildman–Crippen LogP) is 3.41. The molecule has 0 bridgehead atoms. The van der Waals surface area contributed by atoms with E-state index in [1.165, 1.54) is 6.07 Å². The molecule has 2 rings (SSSR count). The third-order valence-corrected chi connectivity index (χ3v) is 3.59. The normalized spacial score (nSPS) is 11.6. The van der Waals surface area contributed by atoms with E-state index in [0.29, 0.717) is 10.7 Å². The van der Waals surface area contributed by atoms with Crippen molar-refractivity contribution in [2.45, 2.75) is 11.2 Å². The molecular formula is C13H11F3N2OS. The molecule has 0 unspecified atom stereocenters. The van der Waals surface area contributed by atoms with Gasteiger partial charge < -0.3 is 4.57 Å². The SMILES string of the molecule is Cn1cccc1C(=O)CSc1ccc(C(F)(F)F)cn1. The average molecular weight is 300 g/mol. The number of hydrogen-bond acceptors (Lipinski definition) is 3. The summed E-state index contributed by atoms with van der Waals surface area (Å²) >= 11 is 1.11. The van der Waals surface area contributed by atoms with Gasteiger partial charge in [-0.3, -0.25) is 4.79 Å². The number of halogens is 3. The third-order valence-electron chi connectivity index (χ3n) is 2.64. The van der Waals surface area contributed by atoms with Crippen LogP contribution in [0.4, 0.5) is 13.2 Å². The average Bonchev–Trinajstić information content (AvgIpc) is 2.82. The first-order valence-corrected chi connectivity index (χ1v) is 6.67. The Labute approximate surface area is 117 Å². The molecule has 106 valence electrons. The molecular weight excluding hydrogens is 289 g/mol. The highest BCUT2D eigenvalue weighted by molar-refractivity contribution is 7.99. The van der Waals surface area contributed by atoms with Crippen molar-refractivity contribution in [3.63, 3.8) is 0 Å². The van der Waals surface area contributed by atoms with Crippen LogP contribution in [-0.2, 0) is 13.2 Å². The van der Waals surface area contributed by atoms with Gasteiger partial charge in [0.2, 0.25) is 0 Å². The van der Waals surface area contributed by atoms with Crippen LogP contribution in [0.1, 0.15) is 16.1 Å². The van der Waals surface area contributed by atoms with Gasteiger partial charge in [-0.05, 0) is 24.3 Å². The van der Waals surface area contributed by atoms with Crippen LogP contribution in [0.25, 0.3) is 0 Å². The van der Waals surface area contributed by atoms with E-state index in [0.717, 1.165) is 24.0 Å². The lowest BCUT2D eigenvalue weighted by atomic mass is 10.3. The molecule has 0 aliphatic heterocycles. The number of ketones is 1. The van der Waals surface area contributed by atoms with Crippen LogP contribution >= 0.6 is 11.8 Å². The van der Waals surface area contributed by atoms with E-state index in [9.17, 15) is 18.0 Å². The first-order chi connectivity index (χ1) is 9.38. The smallest absolute Gasteiger partial charge is 0.348 e. The third kappa shape index (κ3) is 3.41. The summed E-state index contributed by atoms with van der Waals surface area (Å²) in [6.45, 7) is 0. The van der Waals surface area contributed by atoms with Crippen molar-refractivity contribution in [2.75, 3.05) is 5.75 Å². The van der Waals surface area contributed by atoms with Crippen LogP contribution in [0.15, 0.2) is 41.7 Å². The Kier molecular flexibility index (Phi) is 4.17. The molecule has 2 heterocycles. The fourth-order valence-corrected chi connectivity index (χ4v) is 2.32. The summed E-state index contributed by atoms with van der Waals surface area (Å²) in [4.78, 5) is 15.6. The summed E-state index contributed by atoms with van der Waals surface area (Å²) in [7, 11) is 1.76. The van der Waals surface area contributed by atoms with Gasteiger partial charge in [0.15, 0.2) is 5.78 Å². The summed E-state index contributed by atoms with van der Waals surface area (Å²) in [6.07, 6.45) is -1.86. The van der Waals surface area contributed by atoms with E-state index in [4.69, 9.17) is 0 Å². The summed E-state index contributed by atoms with van der Waals surface area (Å²) in [6, 6.07) is 5.69. The minimum atomic E-state index is -4.39. The van der Waals surface area contributed by atoms with Crippen LogP contribution in [-0.4, -0.2) is 21.1 Å². The molecule has 2 aromatic heterocycles. The van der Waals surface area contributed by atoms with Crippen molar-refractivity contribution in [3.05, 3.63) is 47.9 Å². The first kappa shape index (κ1) is 14.6. The molecule has 0 spiro atoms. The van der Waals surface area contributed by atoms with Gasteiger partial charge in [-0.1, -0.05) is 11.8 Å². The molecule has 0 N–H and O–H groups in total. The number of aromatic nitrogens is 2. The zero-order valence-corrected chi connectivity index (χ0v) is 11.3. The highest BCUT2D eigenvalue weighted by Crippen LogP contribution is 2.29. The van der Waals surface area contributed by atoms with Crippen molar-refractivity contribution in [1.29, 1.82) is 0 Å². The maximum atomic E-state index is 12.4. The maximum Gasteiger partial charge on any atom is 0.417 e. The Bertz CT molecular complexity index is 605. The van der Waals surface area contributed by atoms with Crippen molar-refractivity contribution >= 4 is 17.5 Å². The Hall–Kier alpha value is -1.76. The topological polar surface area (TPSA) is 34.9 Å². The summed E-state index contributed by atoms with van der Waals surface area (Å²) < 4.78 is 38.8. The first-order valence-electron chi connectivity index (χ1n) is 5.68. The Morgan fingerprint density at radius 3 is 2.60 bits per heavy atom. The number of carbonyl (C=O) groups is 1. The summed E-state index contributed by atoms with van der Waals surface area (Å²) in [5.74, 6) is 0.0418. The summed E-state index contributed by atoms with van der Waals surface area (Å²) in [5, 5.41) is 0.389. The standard InChI is InChI=1S/C13H11F3N2OS/c1-18-6-2-3-10(18)11(19)8-20-12-5-4-9(7-17-12)13(14,15)16/h2-7H,8H2,1H3. The van der Waals surface area contributed by atoms with Gasteiger partial charge in [-0.15, -0.1) is 0 Å². The number of nitrogens with zero attached hydrogens (tertiary/aromatic N) is 2. The lowest BCUT2D eigenvalue weighted by Crippen LogP contribution is -2.08. The predicted molar refractivity (Wildman–Crippen MR) is 69.7 cm³/mol. The molecule has 0 amide bonds. The van der Waals surface area contributed by atoms with Crippen molar-refractivity contribution in [2.24, 2.45) is 7.05 Å². The number of carbonyl (C=O) groups excluding carboxylic acids is 1. The van der Waals surface area contributed by atoms with Gasteiger partial charge >= 0.3 is 6.18 Å². The molecule has 0 aliphatic rings. The van der Waals surface area contributed by atoms with Crippen LogP contribution in [0.3, 0.4) is 0 Å². The molecule has 0 aromatic carbocycles. The second kappa shape index (κ2) is 5.70. The minimum absolute atomic E-state index is 0.0933. The molecule has 0 atom stereocenters. The molecule has 0 fully saturated rings. The molecule has 0 radical (unpaired) electrons. The lowest BCUT2D eigenvalue weighted by Gasteiger charge is -2.06. The van der Waals surface area contributed by atoms with Crippen LogP contribution in [0.5, 0.6) is 0 Å². The second-order valence-electron chi connectivity index (χ2n) is 4.10. The lowest BCUT2D eigenvalue weighted by molar-refractivity contribution is -0.137. The van der Waals surface area contributed by atoms with Crippen LogP contribution in [0, 0.1) is 0 Å². The quantitative estimate of drug-likeness (QED) is 0.641. The van der Waals surface area contributed by atoms with Crippen molar-refractivity contribution < 1.29 is 18.0 Å². The van der Waals surface area contributed by atoms with E-state index >= 15 is 0 Å². The zero-order chi connectivity index (χ0) is 14.8. The second-order valence-corrected chi connectivity index (χ2v) is 5.09. The van der Waals surface area contributed by atoms with E-state index in [1.807, 2.05) is 0 Å². The fraction of sp³-hybridized carbons (Fsp3) is 0.231. The molecule has 0 saturated carbocycles. The Morgan fingerprint density at radius 1 is 1.35 bits per heavy atom. The number of alkyl halides is 3. The molecule has 2 aromatic rings. The zero-order valence-electron chi connectivity index (χ0n) is 10.5. The van der Waals surface area contributed by atoms with Crippen LogP contribution in [0.2, 0.25) is 0 Å². The van der Waals surface area contributed by atoms with E-state index in [2.05, 4.69) is 4.98 Å². The molecule has 7 heteroatoms.